The third-order valence-electron chi connectivity index (χ3n) is 6.10. The van der Waals surface area contributed by atoms with Gasteiger partial charge in [-0.15, -0.1) is 0 Å². The van der Waals surface area contributed by atoms with E-state index in [2.05, 4.69) is 20.2 Å². The Hall–Kier alpha value is -2.81. The topological polar surface area (TPSA) is 93.4 Å². The molecule has 3 saturated heterocycles. The number of aryl methyl sites for hydroxylation is 1. The quantitative estimate of drug-likeness (QED) is 0.545. The molecule has 0 saturated carbocycles. The smallest absolute Gasteiger partial charge is 0.332 e. The first-order chi connectivity index (χ1) is 14.5. The molecule has 0 spiro atoms. The number of rotatable bonds is 7. The van der Waals surface area contributed by atoms with E-state index in [0.717, 1.165) is 25.2 Å². The summed E-state index contributed by atoms with van der Waals surface area (Å²) < 4.78 is 20.1. The van der Waals surface area contributed by atoms with Crippen LogP contribution in [0.1, 0.15) is 42.5 Å². The van der Waals surface area contributed by atoms with Gasteiger partial charge in [-0.2, -0.15) is 9.97 Å². The van der Waals surface area contributed by atoms with Crippen molar-refractivity contribution in [2.45, 2.75) is 39.2 Å². The maximum atomic E-state index is 14.8. The average Bonchev–Trinajstić information content (AvgIpc) is 2.73. The number of anilines is 1. The fraction of sp³-hybridized carbons (Fsp3) is 0.524. The van der Waals surface area contributed by atoms with Crippen molar-refractivity contribution in [1.82, 2.24) is 14.9 Å². The number of hydrogen-bond acceptors (Lipinski definition) is 7. The molecule has 5 rings (SSSR count). The second-order valence-electron chi connectivity index (χ2n) is 7.93. The number of halogens is 1. The van der Waals surface area contributed by atoms with Gasteiger partial charge in [-0.1, -0.05) is 12.1 Å². The van der Waals surface area contributed by atoms with E-state index in [1.54, 1.807) is 19.1 Å². The first-order valence-corrected chi connectivity index (χ1v) is 10.4. The van der Waals surface area contributed by atoms with Crippen LogP contribution in [0.15, 0.2) is 18.2 Å². The van der Waals surface area contributed by atoms with E-state index in [1.165, 1.54) is 19.8 Å². The third-order valence-corrected chi connectivity index (χ3v) is 6.10. The first kappa shape index (κ1) is 20.5. The van der Waals surface area contributed by atoms with Crippen molar-refractivity contribution >= 4 is 11.5 Å². The van der Waals surface area contributed by atoms with E-state index in [-0.39, 0.29) is 35.6 Å². The number of nitrogens with one attached hydrogen (secondary N) is 1. The van der Waals surface area contributed by atoms with Crippen LogP contribution in [0.5, 0.6) is 6.01 Å². The summed E-state index contributed by atoms with van der Waals surface area (Å²) in [5, 5.41) is 14.3. The number of fused-ring (bicyclic) bond motifs is 3. The maximum Gasteiger partial charge on any atom is 0.332 e. The zero-order valence-corrected chi connectivity index (χ0v) is 17.2. The highest BCUT2D eigenvalue weighted by Gasteiger charge is 2.35. The molecular weight excluding hydrogens is 389 g/mol. The first-order valence-electron chi connectivity index (χ1n) is 10.4. The molecule has 3 aliphatic rings. The largest absolute Gasteiger partial charge is 0.464 e. The van der Waals surface area contributed by atoms with Gasteiger partial charge in [-0.25, -0.2) is 4.39 Å². The summed E-state index contributed by atoms with van der Waals surface area (Å²) in [5.74, 6) is 0.720. The molecule has 3 fully saturated rings. The Labute approximate surface area is 174 Å². The number of piperidine rings is 3. The van der Waals surface area contributed by atoms with Crippen molar-refractivity contribution in [3.05, 3.63) is 51.0 Å². The van der Waals surface area contributed by atoms with Crippen LogP contribution in [-0.4, -0.2) is 46.0 Å². The Morgan fingerprint density at radius 1 is 1.33 bits per heavy atom. The number of benzene rings is 1. The molecule has 0 amide bonds. The number of hydrogen-bond donors (Lipinski definition) is 1. The molecule has 9 heteroatoms. The van der Waals surface area contributed by atoms with E-state index >= 15 is 0 Å². The van der Waals surface area contributed by atoms with Crippen LogP contribution in [0.3, 0.4) is 0 Å². The molecule has 1 aromatic heterocycles. The van der Waals surface area contributed by atoms with Gasteiger partial charge in [0, 0.05) is 18.7 Å². The van der Waals surface area contributed by atoms with Gasteiger partial charge in [0.05, 0.1) is 11.5 Å². The van der Waals surface area contributed by atoms with Gasteiger partial charge >= 0.3 is 11.7 Å². The normalized spacial score (nSPS) is 22.7. The minimum atomic E-state index is -0.541. The van der Waals surface area contributed by atoms with Crippen molar-refractivity contribution in [2.75, 3.05) is 31.6 Å². The standard InChI is InChI=1S/C21H26FN5O3/c1-3-30-21-24-13(2)19(27(28)29)20(25-21)23-11-16-5-4-15(10-18(16)22)17-12-26-8-6-14(17)7-9-26/h4-5,10,14,17H,3,6-9,11-12H2,1-2H3,(H,23,24,25). The van der Waals surface area contributed by atoms with E-state index in [1.807, 2.05) is 6.07 Å². The molecule has 2 bridgehead atoms. The molecule has 30 heavy (non-hydrogen) atoms. The second kappa shape index (κ2) is 8.51. The van der Waals surface area contributed by atoms with Crippen molar-refractivity contribution < 1.29 is 14.1 Å². The van der Waals surface area contributed by atoms with Crippen LogP contribution in [0.25, 0.3) is 0 Å². The number of nitrogens with zero attached hydrogens (tertiary/aromatic N) is 4. The predicted molar refractivity (Wildman–Crippen MR) is 110 cm³/mol. The Bertz CT molecular complexity index is 946. The molecule has 4 heterocycles. The zero-order chi connectivity index (χ0) is 21.3. The summed E-state index contributed by atoms with van der Waals surface area (Å²) in [6.45, 7) is 7.00. The Morgan fingerprint density at radius 2 is 2.10 bits per heavy atom. The highest BCUT2D eigenvalue weighted by molar-refractivity contribution is 5.59. The SMILES string of the molecule is CCOc1nc(C)c([N+](=O)[O-])c(NCc2ccc(C3CN4CCC3CC4)cc2F)n1. The predicted octanol–water partition coefficient (Wildman–Crippen LogP) is 3.65. The van der Waals surface area contributed by atoms with Gasteiger partial charge in [0.25, 0.3) is 0 Å². The van der Waals surface area contributed by atoms with Crippen molar-refractivity contribution in [3.8, 4) is 6.01 Å². The fourth-order valence-electron chi connectivity index (χ4n) is 4.54. The summed E-state index contributed by atoms with van der Waals surface area (Å²) in [6.07, 6.45) is 2.35. The molecule has 1 unspecified atom stereocenters. The minimum absolute atomic E-state index is 0.0248. The van der Waals surface area contributed by atoms with E-state index in [9.17, 15) is 14.5 Å². The van der Waals surface area contributed by atoms with Gasteiger partial charge in [0.1, 0.15) is 11.5 Å². The summed E-state index contributed by atoms with van der Waals surface area (Å²) in [6, 6.07) is 5.42. The van der Waals surface area contributed by atoms with E-state index in [4.69, 9.17) is 4.74 Å². The van der Waals surface area contributed by atoms with Crippen LogP contribution in [-0.2, 0) is 6.54 Å². The molecule has 0 radical (unpaired) electrons. The van der Waals surface area contributed by atoms with Gasteiger partial charge in [-0.3, -0.25) is 10.1 Å². The summed E-state index contributed by atoms with van der Waals surface area (Å²) >= 11 is 0. The molecule has 1 atom stereocenters. The van der Waals surface area contributed by atoms with Crippen LogP contribution >= 0.6 is 0 Å². The number of ether oxygens (including phenoxy) is 1. The Kier molecular flexibility index (Phi) is 5.80. The van der Waals surface area contributed by atoms with Crippen molar-refractivity contribution in [3.63, 3.8) is 0 Å². The van der Waals surface area contributed by atoms with Crippen LogP contribution in [0.2, 0.25) is 0 Å². The molecule has 0 aliphatic carbocycles. The average molecular weight is 415 g/mol. The van der Waals surface area contributed by atoms with Crippen LogP contribution < -0.4 is 10.1 Å². The molecule has 8 nitrogen and oxygen atoms in total. The monoisotopic (exact) mass is 415 g/mol. The molecule has 3 aliphatic heterocycles. The number of aromatic nitrogens is 2. The molecule has 1 N–H and O–H groups in total. The van der Waals surface area contributed by atoms with Crippen LogP contribution in [0, 0.1) is 28.8 Å². The lowest BCUT2D eigenvalue weighted by atomic mass is 9.75. The van der Waals surface area contributed by atoms with Crippen LogP contribution in [0.4, 0.5) is 15.9 Å². The third kappa shape index (κ3) is 4.07. The van der Waals surface area contributed by atoms with Crippen molar-refractivity contribution in [1.29, 1.82) is 0 Å². The maximum absolute atomic E-state index is 14.8. The van der Waals surface area contributed by atoms with Gasteiger partial charge in [-0.05, 0) is 63.2 Å². The van der Waals surface area contributed by atoms with E-state index < -0.39 is 4.92 Å². The minimum Gasteiger partial charge on any atom is -0.464 e. The summed E-state index contributed by atoms with van der Waals surface area (Å²) in [5.41, 5.74) is 1.43. The van der Waals surface area contributed by atoms with E-state index in [0.29, 0.717) is 24.0 Å². The van der Waals surface area contributed by atoms with Gasteiger partial charge < -0.3 is 15.0 Å². The lowest BCUT2D eigenvalue weighted by molar-refractivity contribution is -0.385. The molecule has 2 aromatic rings. The summed E-state index contributed by atoms with van der Waals surface area (Å²) in [4.78, 5) is 21.4. The fourth-order valence-corrected chi connectivity index (χ4v) is 4.54. The highest BCUT2D eigenvalue weighted by Crippen LogP contribution is 2.39. The summed E-state index contributed by atoms with van der Waals surface area (Å²) in [7, 11) is 0. The number of nitro groups is 1. The molecular formula is C21H26FN5O3. The lowest BCUT2D eigenvalue weighted by Crippen LogP contribution is -2.46. The lowest BCUT2D eigenvalue weighted by Gasteiger charge is -2.45. The van der Waals surface area contributed by atoms with Gasteiger partial charge in [0.2, 0.25) is 5.82 Å². The Morgan fingerprint density at radius 3 is 2.70 bits per heavy atom. The highest BCUT2D eigenvalue weighted by atomic mass is 19.1. The van der Waals surface area contributed by atoms with Gasteiger partial charge in [0.15, 0.2) is 0 Å². The zero-order valence-electron chi connectivity index (χ0n) is 17.2. The molecule has 160 valence electrons. The molecule has 1 aromatic carbocycles. The second-order valence-corrected chi connectivity index (χ2v) is 7.93. The van der Waals surface area contributed by atoms with Crippen molar-refractivity contribution in [2.24, 2.45) is 5.92 Å². The Balaban J connectivity index is 1.52.